The quantitative estimate of drug-likeness (QED) is 0.756. The van der Waals surface area contributed by atoms with E-state index < -0.39 is 11.6 Å². The maximum Gasteiger partial charge on any atom is 0.135 e. The SMILES string of the molecule is C=C1C(Br)=CC=C(c2c(F)cccc2F)N1C. The third kappa shape index (κ3) is 2.05. The first-order valence-corrected chi connectivity index (χ1v) is 5.76. The lowest BCUT2D eigenvalue weighted by Crippen LogP contribution is -2.19. The average Bonchev–Trinajstić information content (AvgIpc) is 2.29. The highest BCUT2D eigenvalue weighted by atomic mass is 79.9. The molecule has 4 heteroatoms. The third-order valence-electron chi connectivity index (χ3n) is 2.65. The molecule has 0 atom stereocenters. The number of allylic oxidation sites excluding steroid dienone is 3. The van der Waals surface area contributed by atoms with Crippen LogP contribution in [-0.4, -0.2) is 11.9 Å². The molecule has 0 unspecified atom stereocenters. The number of hydrogen-bond acceptors (Lipinski definition) is 1. The van der Waals surface area contributed by atoms with Gasteiger partial charge in [-0.1, -0.05) is 12.6 Å². The second kappa shape index (κ2) is 4.45. The summed E-state index contributed by atoms with van der Waals surface area (Å²) >= 11 is 3.32. The van der Waals surface area contributed by atoms with E-state index in [2.05, 4.69) is 22.5 Å². The zero-order valence-electron chi connectivity index (χ0n) is 9.17. The standard InChI is InChI=1S/C13H10BrF2N/c1-8-9(14)6-7-12(17(8)2)13-10(15)4-3-5-11(13)16/h3-7H,1H2,2H3. The summed E-state index contributed by atoms with van der Waals surface area (Å²) in [5, 5.41) is 0. The highest BCUT2D eigenvalue weighted by Gasteiger charge is 2.21. The summed E-state index contributed by atoms with van der Waals surface area (Å²) in [5.74, 6) is -1.16. The van der Waals surface area contributed by atoms with Crippen molar-refractivity contribution in [2.24, 2.45) is 0 Å². The van der Waals surface area contributed by atoms with Gasteiger partial charge in [0.1, 0.15) is 11.6 Å². The molecule has 0 spiro atoms. The lowest BCUT2D eigenvalue weighted by Gasteiger charge is -2.28. The van der Waals surface area contributed by atoms with Crippen LogP contribution in [0.4, 0.5) is 8.78 Å². The van der Waals surface area contributed by atoms with E-state index in [1.807, 2.05) is 0 Å². The second-order valence-corrected chi connectivity index (χ2v) is 4.52. The number of halogens is 3. The Morgan fingerprint density at radius 3 is 2.35 bits per heavy atom. The van der Waals surface area contributed by atoms with E-state index in [-0.39, 0.29) is 5.56 Å². The highest BCUT2D eigenvalue weighted by molar-refractivity contribution is 9.12. The van der Waals surface area contributed by atoms with E-state index in [1.54, 1.807) is 24.1 Å². The van der Waals surface area contributed by atoms with Gasteiger partial charge in [0.15, 0.2) is 0 Å². The second-order valence-electron chi connectivity index (χ2n) is 3.67. The lowest BCUT2D eigenvalue weighted by molar-refractivity contribution is 0.549. The fourth-order valence-corrected chi connectivity index (χ4v) is 2.06. The van der Waals surface area contributed by atoms with E-state index in [0.717, 1.165) is 4.48 Å². The first-order valence-electron chi connectivity index (χ1n) is 4.97. The monoisotopic (exact) mass is 297 g/mol. The molecule has 0 radical (unpaired) electrons. The van der Waals surface area contributed by atoms with Crippen LogP contribution in [0.3, 0.4) is 0 Å². The topological polar surface area (TPSA) is 3.24 Å². The normalized spacial score (nSPS) is 15.8. The van der Waals surface area contributed by atoms with Gasteiger partial charge >= 0.3 is 0 Å². The summed E-state index contributed by atoms with van der Waals surface area (Å²) in [6.07, 6.45) is 3.38. The van der Waals surface area contributed by atoms with E-state index in [4.69, 9.17) is 0 Å². The molecule has 0 bridgehead atoms. The van der Waals surface area contributed by atoms with Crippen LogP contribution >= 0.6 is 15.9 Å². The Labute approximate surface area is 107 Å². The zero-order valence-corrected chi connectivity index (χ0v) is 10.8. The van der Waals surface area contributed by atoms with Crippen LogP contribution in [-0.2, 0) is 0 Å². The Kier molecular flexibility index (Phi) is 3.15. The molecule has 2 rings (SSSR count). The Bertz CT molecular complexity index is 526. The van der Waals surface area contributed by atoms with Gasteiger partial charge in [-0.25, -0.2) is 8.78 Å². The first kappa shape index (κ1) is 12.0. The van der Waals surface area contributed by atoms with Crippen LogP contribution < -0.4 is 0 Å². The summed E-state index contributed by atoms with van der Waals surface area (Å²) in [6.45, 7) is 3.84. The van der Waals surface area contributed by atoms with Gasteiger partial charge in [-0.3, -0.25) is 0 Å². The summed E-state index contributed by atoms with van der Waals surface area (Å²) in [7, 11) is 1.72. The summed E-state index contributed by atoms with van der Waals surface area (Å²) < 4.78 is 28.1. The number of likely N-dealkylation sites (N-methyl/N-ethyl adjacent to an activating group) is 1. The molecular formula is C13H10BrF2N. The molecule has 0 aliphatic carbocycles. The molecule has 1 aliphatic heterocycles. The molecule has 0 fully saturated rings. The highest BCUT2D eigenvalue weighted by Crippen LogP contribution is 2.33. The van der Waals surface area contributed by atoms with Crippen molar-refractivity contribution in [1.82, 2.24) is 4.90 Å². The number of hydrogen-bond donors (Lipinski definition) is 0. The minimum absolute atomic E-state index is 0.0348. The van der Waals surface area contributed by atoms with E-state index in [1.165, 1.54) is 18.2 Å². The van der Waals surface area contributed by atoms with Gasteiger partial charge in [0.2, 0.25) is 0 Å². The molecule has 17 heavy (non-hydrogen) atoms. The molecule has 0 N–H and O–H groups in total. The summed E-state index contributed by atoms with van der Waals surface area (Å²) in [6, 6.07) is 3.82. The van der Waals surface area contributed by atoms with Crippen LogP contribution in [0.2, 0.25) is 0 Å². The third-order valence-corrected chi connectivity index (χ3v) is 3.37. The zero-order chi connectivity index (χ0) is 12.6. The van der Waals surface area contributed by atoms with E-state index in [9.17, 15) is 8.78 Å². The summed E-state index contributed by atoms with van der Waals surface area (Å²) in [4.78, 5) is 1.64. The van der Waals surface area contributed by atoms with Gasteiger partial charge in [0.05, 0.1) is 11.3 Å². The lowest BCUT2D eigenvalue weighted by atomic mass is 10.1. The minimum atomic E-state index is -0.581. The Morgan fingerprint density at radius 2 is 1.76 bits per heavy atom. The van der Waals surface area contributed by atoms with Gasteiger partial charge in [0.25, 0.3) is 0 Å². The molecule has 1 aliphatic rings. The van der Waals surface area contributed by atoms with Gasteiger partial charge < -0.3 is 4.90 Å². The largest absolute Gasteiger partial charge is 0.344 e. The van der Waals surface area contributed by atoms with Crippen LogP contribution in [0, 0.1) is 11.6 Å². The number of nitrogens with zero attached hydrogens (tertiary/aromatic N) is 1. The fourth-order valence-electron chi connectivity index (χ4n) is 1.66. The Morgan fingerprint density at radius 1 is 1.18 bits per heavy atom. The molecule has 88 valence electrons. The van der Waals surface area contributed by atoms with Crippen molar-refractivity contribution in [2.45, 2.75) is 0 Å². The molecule has 1 aromatic rings. The summed E-state index contributed by atoms with van der Waals surface area (Å²) in [5.41, 5.74) is 1.08. The van der Waals surface area contributed by atoms with Crippen molar-refractivity contribution in [2.75, 3.05) is 7.05 Å². The van der Waals surface area contributed by atoms with Crippen LogP contribution in [0.25, 0.3) is 5.70 Å². The molecule has 0 aromatic heterocycles. The Balaban J connectivity index is 2.58. The van der Waals surface area contributed by atoms with Crippen molar-refractivity contribution in [3.05, 3.63) is 64.3 Å². The molecular weight excluding hydrogens is 288 g/mol. The fraction of sp³-hybridized carbons (Fsp3) is 0.0769. The molecule has 1 aromatic carbocycles. The van der Waals surface area contributed by atoms with Gasteiger partial charge in [0, 0.05) is 17.2 Å². The predicted molar refractivity (Wildman–Crippen MR) is 68.2 cm³/mol. The molecule has 0 amide bonds. The average molecular weight is 298 g/mol. The number of benzene rings is 1. The van der Waals surface area contributed by atoms with Crippen molar-refractivity contribution in [1.29, 1.82) is 0 Å². The number of rotatable bonds is 1. The molecule has 0 saturated heterocycles. The predicted octanol–water partition coefficient (Wildman–Crippen LogP) is 4.04. The molecule has 0 saturated carbocycles. The smallest absolute Gasteiger partial charge is 0.135 e. The van der Waals surface area contributed by atoms with Crippen molar-refractivity contribution < 1.29 is 8.78 Å². The van der Waals surface area contributed by atoms with Crippen molar-refractivity contribution in [3.8, 4) is 0 Å². The minimum Gasteiger partial charge on any atom is -0.344 e. The van der Waals surface area contributed by atoms with Crippen molar-refractivity contribution >= 4 is 21.6 Å². The van der Waals surface area contributed by atoms with Crippen molar-refractivity contribution in [3.63, 3.8) is 0 Å². The first-order chi connectivity index (χ1) is 8.02. The van der Waals surface area contributed by atoms with Gasteiger partial charge in [-0.05, 0) is 40.2 Å². The van der Waals surface area contributed by atoms with Crippen LogP contribution in [0.5, 0.6) is 0 Å². The maximum absolute atomic E-state index is 13.7. The van der Waals surface area contributed by atoms with Gasteiger partial charge in [-0.15, -0.1) is 0 Å². The molecule has 1 heterocycles. The van der Waals surface area contributed by atoms with Crippen LogP contribution in [0.15, 0.2) is 47.1 Å². The van der Waals surface area contributed by atoms with E-state index >= 15 is 0 Å². The Hall–Kier alpha value is -1.42. The van der Waals surface area contributed by atoms with Gasteiger partial charge in [-0.2, -0.15) is 0 Å². The molecule has 1 nitrogen and oxygen atoms in total. The van der Waals surface area contributed by atoms with E-state index in [0.29, 0.717) is 11.4 Å². The maximum atomic E-state index is 13.7. The van der Waals surface area contributed by atoms with Crippen LogP contribution in [0.1, 0.15) is 5.56 Å².